The maximum absolute atomic E-state index is 4.22. The second-order valence-electron chi connectivity index (χ2n) is 6.03. The lowest BCUT2D eigenvalue weighted by Crippen LogP contribution is -2.19. The number of hydrogen-bond donors (Lipinski definition) is 0. The highest BCUT2D eigenvalue weighted by Gasteiger charge is 2.26. The molecule has 0 aromatic rings. The summed E-state index contributed by atoms with van der Waals surface area (Å²) in [5.74, 6) is 0. The van der Waals surface area contributed by atoms with E-state index >= 15 is 0 Å². The van der Waals surface area contributed by atoms with Gasteiger partial charge in [0.15, 0.2) is 0 Å². The van der Waals surface area contributed by atoms with Crippen molar-refractivity contribution in [2.75, 3.05) is 0 Å². The Bertz CT molecular complexity index is 337. The van der Waals surface area contributed by atoms with Gasteiger partial charge in [-0.05, 0) is 49.7 Å². The first kappa shape index (κ1) is 18.2. The van der Waals surface area contributed by atoms with Crippen LogP contribution in [0.15, 0.2) is 35.5 Å². The highest BCUT2D eigenvalue weighted by molar-refractivity contribution is 5.46. The predicted molar refractivity (Wildman–Crippen MR) is 89.5 cm³/mol. The van der Waals surface area contributed by atoms with E-state index in [1.54, 1.807) is 0 Å². The van der Waals surface area contributed by atoms with Crippen molar-refractivity contribution in [1.29, 1.82) is 0 Å². The summed E-state index contributed by atoms with van der Waals surface area (Å²) in [4.78, 5) is 0. The summed E-state index contributed by atoms with van der Waals surface area (Å²) in [6.07, 6.45) is 7.31. The predicted octanol–water partition coefficient (Wildman–Crippen LogP) is 6.84. The molecule has 0 aromatic carbocycles. The fraction of sp³-hybridized carbons (Fsp3) is 0.684. The molecule has 110 valence electrons. The molecule has 0 aromatic heterocycles. The van der Waals surface area contributed by atoms with E-state index in [0.29, 0.717) is 5.41 Å². The minimum atomic E-state index is 0.466. The van der Waals surface area contributed by atoms with Crippen molar-refractivity contribution in [3.8, 4) is 0 Å². The average Bonchev–Trinajstić information content (AvgIpc) is 2.37. The minimum Gasteiger partial charge on any atom is -0.0955 e. The van der Waals surface area contributed by atoms with E-state index in [1.807, 2.05) is 0 Å². The monoisotopic (exact) mass is 262 g/mol. The molecule has 0 aliphatic heterocycles. The third-order valence-electron chi connectivity index (χ3n) is 4.55. The van der Waals surface area contributed by atoms with Gasteiger partial charge in [0.2, 0.25) is 0 Å². The van der Waals surface area contributed by atoms with Crippen molar-refractivity contribution in [3.05, 3.63) is 35.5 Å². The standard InChI is InChI=1S/C19H34/c1-9-13-19(11-3,12-4)14-17(8)18(15(5)6)16(7)10-2/h5,7,9-14H2,1-4,6,8H3/b18-17+. The SMILES string of the molecule is C=C(C)/C(C(=C)CC)=C(/C)CC(CC)(CC)CCC. The van der Waals surface area contributed by atoms with Crippen molar-refractivity contribution in [3.63, 3.8) is 0 Å². The highest BCUT2D eigenvalue weighted by atomic mass is 14.3. The van der Waals surface area contributed by atoms with Crippen molar-refractivity contribution in [2.45, 2.75) is 80.1 Å². The molecular weight excluding hydrogens is 228 g/mol. The van der Waals surface area contributed by atoms with Crippen LogP contribution < -0.4 is 0 Å². The second-order valence-corrected chi connectivity index (χ2v) is 6.03. The van der Waals surface area contributed by atoms with Gasteiger partial charge in [-0.1, -0.05) is 71.3 Å². The van der Waals surface area contributed by atoms with E-state index in [0.717, 1.165) is 6.42 Å². The Labute approximate surface area is 121 Å². The summed E-state index contributed by atoms with van der Waals surface area (Å²) < 4.78 is 0. The summed E-state index contributed by atoms with van der Waals surface area (Å²) in [5.41, 5.74) is 5.69. The van der Waals surface area contributed by atoms with Crippen LogP contribution in [0.4, 0.5) is 0 Å². The summed E-state index contributed by atoms with van der Waals surface area (Å²) in [7, 11) is 0. The molecule has 0 aliphatic carbocycles. The van der Waals surface area contributed by atoms with Crippen molar-refractivity contribution in [1.82, 2.24) is 0 Å². The fourth-order valence-corrected chi connectivity index (χ4v) is 3.27. The molecular formula is C19H34. The van der Waals surface area contributed by atoms with Crippen molar-refractivity contribution >= 4 is 0 Å². The summed E-state index contributed by atoms with van der Waals surface area (Å²) in [6.45, 7) is 21.9. The van der Waals surface area contributed by atoms with Crippen LogP contribution >= 0.6 is 0 Å². The largest absolute Gasteiger partial charge is 0.0955 e. The van der Waals surface area contributed by atoms with E-state index in [1.165, 1.54) is 54.4 Å². The first-order valence-corrected chi connectivity index (χ1v) is 7.91. The van der Waals surface area contributed by atoms with Crippen LogP contribution in [0.25, 0.3) is 0 Å². The molecule has 0 N–H and O–H groups in total. The van der Waals surface area contributed by atoms with E-state index in [9.17, 15) is 0 Å². The smallest absolute Gasteiger partial charge is 0.0218 e. The average molecular weight is 262 g/mol. The van der Waals surface area contributed by atoms with Crippen LogP contribution in [0.5, 0.6) is 0 Å². The van der Waals surface area contributed by atoms with Crippen LogP contribution in [0.2, 0.25) is 0 Å². The zero-order valence-electron chi connectivity index (χ0n) is 14.2. The summed E-state index contributed by atoms with van der Waals surface area (Å²) in [6, 6.07) is 0. The van der Waals surface area contributed by atoms with Gasteiger partial charge < -0.3 is 0 Å². The molecule has 0 unspecified atom stereocenters. The molecule has 0 fully saturated rings. The Hall–Kier alpha value is -0.780. The van der Waals surface area contributed by atoms with Gasteiger partial charge in [0.1, 0.15) is 0 Å². The molecule has 19 heavy (non-hydrogen) atoms. The Morgan fingerprint density at radius 1 is 0.947 bits per heavy atom. The van der Waals surface area contributed by atoms with Crippen molar-refractivity contribution in [2.24, 2.45) is 5.41 Å². The molecule has 0 amide bonds. The molecule has 0 spiro atoms. The zero-order chi connectivity index (χ0) is 15.1. The van der Waals surface area contributed by atoms with Crippen LogP contribution in [0, 0.1) is 5.41 Å². The Balaban J connectivity index is 5.39. The molecule has 0 rings (SSSR count). The summed E-state index contributed by atoms with van der Waals surface area (Å²) >= 11 is 0. The molecule has 0 bridgehead atoms. The third kappa shape index (κ3) is 5.01. The van der Waals surface area contributed by atoms with Crippen LogP contribution in [-0.4, -0.2) is 0 Å². The molecule has 0 nitrogen and oxygen atoms in total. The normalized spacial score (nSPS) is 13.2. The molecule has 0 heterocycles. The van der Waals surface area contributed by atoms with Gasteiger partial charge in [0, 0.05) is 0 Å². The Morgan fingerprint density at radius 2 is 1.47 bits per heavy atom. The maximum atomic E-state index is 4.22. The first-order chi connectivity index (χ1) is 8.87. The van der Waals surface area contributed by atoms with Crippen LogP contribution in [0.3, 0.4) is 0 Å². The third-order valence-corrected chi connectivity index (χ3v) is 4.55. The lowest BCUT2D eigenvalue weighted by atomic mass is 9.72. The summed E-state index contributed by atoms with van der Waals surface area (Å²) in [5, 5.41) is 0. The van der Waals surface area contributed by atoms with Gasteiger partial charge in [0.25, 0.3) is 0 Å². The lowest BCUT2D eigenvalue weighted by molar-refractivity contribution is 0.233. The van der Waals surface area contributed by atoms with Crippen LogP contribution in [0.1, 0.15) is 80.1 Å². The lowest BCUT2D eigenvalue weighted by Gasteiger charge is -2.33. The van der Waals surface area contributed by atoms with Gasteiger partial charge in [-0.3, -0.25) is 0 Å². The Kier molecular flexibility index (Phi) is 8.06. The minimum absolute atomic E-state index is 0.466. The Morgan fingerprint density at radius 3 is 1.79 bits per heavy atom. The molecule has 0 saturated carbocycles. The fourth-order valence-electron chi connectivity index (χ4n) is 3.27. The first-order valence-electron chi connectivity index (χ1n) is 7.91. The van der Waals surface area contributed by atoms with E-state index in [2.05, 4.69) is 54.7 Å². The molecule has 0 atom stereocenters. The topological polar surface area (TPSA) is 0 Å². The van der Waals surface area contributed by atoms with Gasteiger partial charge in [0.05, 0.1) is 0 Å². The van der Waals surface area contributed by atoms with Crippen molar-refractivity contribution < 1.29 is 0 Å². The number of rotatable bonds is 9. The van der Waals surface area contributed by atoms with Gasteiger partial charge >= 0.3 is 0 Å². The number of hydrogen-bond acceptors (Lipinski definition) is 0. The zero-order valence-corrected chi connectivity index (χ0v) is 14.2. The molecule has 0 radical (unpaired) electrons. The van der Waals surface area contributed by atoms with E-state index < -0.39 is 0 Å². The van der Waals surface area contributed by atoms with Gasteiger partial charge in [-0.15, -0.1) is 0 Å². The quantitative estimate of drug-likeness (QED) is 0.399. The second kappa shape index (κ2) is 8.40. The molecule has 0 saturated heterocycles. The maximum Gasteiger partial charge on any atom is -0.0218 e. The van der Waals surface area contributed by atoms with E-state index in [4.69, 9.17) is 0 Å². The number of allylic oxidation sites excluding steroid dienone is 4. The van der Waals surface area contributed by atoms with Crippen LogP contribution in [-0.2, 0) is 0 Å². The molecule has 0 heteroatoms. The van der Waals surface area contributed by atoms with E-state index in [-0.39, 0.29) is 0 Å². The van der Waals surface area contributed by atoms with Gasteiger partial charge in [-0.25, -0.2) is 0 Å². The highest BCUT2D eigenvalue weighted by Crippen LogP contribution is 2.40. The van der Waals surface area contributed by atoms with Gasteiger partial charge in [-0.2, -0.15) is 0 Å². The molecule has 0 aliphatic rings.